The Bertz CT molecular complexity index is 1140. The number of H-pyrrole nitrogens is 1. The van der Waals surface area contributed by atoms with E-state index in [4.69, 9.17) is 4.74 Å². The number of fused-ring (bicyclic) bond motifs is 2. The zero-order chi connectivity index (χ0) is 19.1. The minimum absolute atomic E-state index is 0.151. The minimum Gasteiger partial charge on any atom is -0.456 e. The highest BCUT2D eigenvalue weighted by molar-refractivity contribution is 6.01. The third-order valence-corrected chi connectivity index (χ3v) is 5.51. The molecule has 0 amide bonds. The molecule has 3 aromatic rings. The minimum atomic E-state index is -0.213. The number of nitrogens with one attached hydrogen (secondary N) is 2. The number of aromatic amines is 1. The summed E-state index contributed by atoms with van der Waals surface area (Å²) >= 11 is 0. The molecule has 2 aromatic carbocycles. The Labute approximate surface area is 161 Å². The molecule has 2 aliphatic rings. The van der Waals surface area contributed by atoms with Crippen LogP contribution >= 0.6 is 0 Å². The predicted octanol–water partition coefficient (Wildman–Crippen LogP) is 3.60. The second-order valence-corrected chi connectivity index (χ2v) is 7.43. The first-order valence-electron chi connectivity index (χ1n) is 9.61. The molecular formula is C22H21N3O3. The van der Waals surface area contributed by atoms with E-state index >= 15 is 0 Å². The van der Waals surface area contributed by atoms with E-state index < -0.39 is 0 Å². The van der Waals surface area contributed by atoms with Crippen molar-refractivity contribution in [1.29, 1.82) is 0 Å². The molecule has 2 heterocycles. The molecule has 1 saturated carbocycles. The molecule has 1 fully saturated rings. The second kappa shape index (κ2) is 6.80. The van der Waals surface area contributed by atoms with Gasteiger partial charge in [-0.15, -0.1) is 0 Å². The summed E-state index contributed by atoms with van der Waals surface area (Å²) in [5.74, 6) is 1.40. The molecule has 0 unspecified atom stereocenters. The fraction of sp³-hybridized carbons (Fsp3) is 0.273. The number of aliphatic hydroxyl groups is 1. The zero-order valence-corrected chi connectivity index (χ0v) is 15.4. The summed E-state index contributed by atoms with van der Waals surface area (Å²) in [6.07, 6.45) is 5.51. The van der Waals surface area contributed by atoms with E-state index in [-0.39, 0.29) is 11.7 Å². The number of rotatable bonds is 3. The molecule has 5 rings (SSSR count). The molecule has 1 aromatic heterocycles. The van der Waals surface area contributed by atoms with Gasteiger partial charge in [0.2, 0.25) is 0 Å². The van der Waals surface area contributed by atoms with Crippen LogP contribution in [0.15, 0.2) is 53.0 Å². The Morgan fingerprint density at radius 3 is 2.93 bits per heavy atom. The van der Waals surface area contributed by atoms with Crippen LogP contribution in [0.2, 0.25) is 0 Å². The van der Waals surface area contributed by atoms with Crippen molar-refractivity contribution in [3.05, 3.63) is 64.1 Å². The molecule has 142 valence electrons. The first kappa shape index (κ1) is 17.0. The third-order valence-electron chi connectivity index (χ3n) is 5.51. The molecular weight excluding hydrogens is 354 g/mol. The maximum atomic E-state index is 12.1. The van der Waals surface area contributed by atoms with Crippen LogP contribution < -0.4 is 15.6 Å². The average Bonchev–Trinajstić information content (AvgIpc) is 2.72. The van der Waals surface area contributed by atoms with Crippen molar-refractivity contribution in [2.24, 2.45) is 0 Å². The predicted molar refractivity (Wildman–Crippen MR) is 107 cm³/mol. The molecule has 1 aliphatic carbocycles. The van der Waals surface area contributed by atoms with Crippen molar-refractivity contribution in [2.45, 2.75) is 38.3 Å². The third kappa shape index (κ3) is 2.96. The average molecular weight is 375 g/mol. The Balaban J connectivity index is 1.44. The van der Waals surface area contributed by atoms with Gasteiger partial charge in [0, 0.05) is 12.1 Å². The Morgan fingerprint density at radius 1 is 1.21 bits per heavy atom. The fourth-order valence-electron chi connectivity index (χ4n) is 3.98. The van der Waals surface area contributed by atoms with Crippen molar-refractivity contribution in [3.63, 3.8) is 0 Å². The molecule has 0 saturated heterocycles. The highest BCUT2D eigenvalue weighted by Gasteiger charge is 2.22. The lowest BCUT2D eigenvalue weighted by molar-refractivity contribution is 0.143. The van der Waals surface area contributed by atoms with Gasteiger partial charge in [-0.3, -0.25) is 4.79 Å². The summed E-state index contributed by atoms with van der Waals surface area (Å²) in [6.45, 7) is 0.688. The molecule has 0 spiro atoms. The molecule has 28 heavy (non-hydrogen) atoms. The number of allylic oxidation sites excluding steroid dienone is 1. The number of aliphatic hydroxyl groups excluding tert-OH is 1. The highest BCUT2D eigenvalue weighted by Crippen LogP contribution is 2.44. The number of aromatic nitrogens is 2. The van der Waals surface area contributed by atoms with Crippen LogP contribution in [0.25, 0.3) is 22.0 Å². The van der Waals surface area contributed by atoms with E-state index in [9.17, 15) is 9.90 Å². The van der Waals surface area contributed by atoms with Gasteiger partial charge in [-0.2, -0.15) is 5.10 Å². The second-order valence-electron chi connectivity index (χ2n) is 7.43. The van der Waals surface area contributed by atoms with Crippen molar-refractivity contribution in [1.82, 2.24) is 15.5 Å². The van der Waals surface area contributed by atoms with Gasteiger partial charge in [0.05, 0.1) is 16.9 Å². The van der Waals surface area contributed by atoms with Gasteiger partial charge >= 0.3 is 0 Å². The van der Waals surface area contributed by atoms with Gasteiger partial charge in [0.15, 0.2) is 0 Å². The van der Waals surface area contributed by atoms with Crippen LogP contribution in [0, 0.1) is 0 Å². The van der Waals surface area contributed by atoms with E-state index in [1.54, 1.807) is 6.07 Å². The van der Waals surface area contributed by atoms with Gasteiger partial charge < -0.3 is 15.2 Å². The smallest absolute Gasteiger partial charge is 0.272 e. The van der Waals surface area contributed by atoms with E-state index in [1.165, 1.54) is 5.57 Å². The number of hydrogen-bond acceptors (Lipinski definition) is 5. The van der Waals surface area contributed by atoms with Crippen molar-refractivity contribution in [2.75, 3.05) is 0 Å². The Hall–Kier alpha value is -3.12. The largest absolute Gasteiger partial charge is 0.456 e. The molecule has 6 heteroatoms. The summed E-state index contributed by atoms with van der Waals surface area (Å²) in [5, 5.41) is 21.2. The molecule has 0 radical (unpaired) electrons. The first-order chi connectivity index (χ1) is 13.7. The molecule has 0 bridgehead atoms. The first-order valence-corrected chi connectivity index (χ1v) is 9.61. The lowest BCUT2D eigenvalue weighted by Crippen LogP contribution is -2.15. The zero-order valence-electron chi connectivity index (χ0n) is 15.4. The lowest BCUT2D eigenvalue weighted by atomic mass is 9.93. The summed E-state index contributed by atoms with van der Waals surface area (Å²) in [7, 11) is 0. The van der Waals surface area contributed by atoms with E-state index in [0.29, 0.717) is 17.7 Å². The number of hydrogen-bond donors (Lipinski definition) is 3. The topological polar surface area (TPSA) is 87.2 Å². The van der Waals surface area contributed by atoms with E-state index in [0.717, 1.165) is 53.6 Å². The van der Waals surface area contributed by atoms with Crippen LogP contribution in [-0.2, 0) is 6.54 Å². The lowest BCUT2D eigenvalue weighted by Gasteiger charge is -2.21. The Morgan fingerprint density at radius 2 is 2.07 bits per heavy atom. The number of benzene rings is 2. The Kier molecular flexibility index (Phi) is 4.13. The van der Waals surface area contributed by atoms with Crippen molar-refractivity contribution >= 4 is 10.8 Å². The maximum absolute atomic E-state index is 12.1. The standard InChI is InChI=1S/C22H21N3O3/c26-15-7-4-13(5-8-15)11-23-12-14-6-9-18-17(10-14)21-20-16(22(27)25-24-21)2-1-3-19(20)28-18/h1-3,6,9-11,15,23,26H,4-5,7-8,12H2,(H,25,27). The number of nitrogens with zero attached hydrogens (tertiary/aromatic N) is 1. The summed E-state index contributed by atoms with van der Waals surface area (Å²) < 4.78 is 6.02. The van der Waals surface area contributed by atoms with Gasteiger partial charge in [-0.1, -0.05) is 17.7 Å². The van der Waals surface area contributed by atoms with Crippen LogP contribution in [0.3, 0.4) is 0 Å². The van der Waals surface area contributed by atoms with Crippen LogP contribution in [-0.4, -0.2) is 21.4 Å². The van der Waals surface area contributed by atoms with Crippen LogP contribution in [0.1, 0.15) is 31.2 Å². The summed E-state index contributed by atoms with van der Waals surface area (Å²) in [4.78, 5) is 12.1. The molecule has 0 atom stereocenters. The quantitative estimate of drug-likeness (QED) is 0.509. The van der Waals surface area contributed by atoms with Crippen molar-refractivity contribution < 1.29 is 9.84 Å². The van der Waals surface area contributed by atoms with Gasteiger partial charge in [0.25, 0.3) is 5.56 Å². The highest BCUT2D eigenvalue weighted by atomic mass is 16.5. The van der Waals surface area contributed by atoms with E-state index in [2.05, 4.69) is 27.8 Å². The normalized spacial score (nSPS) is 17.8. The van der Waals surface area contributed by atoms with Crippen molar-refractivity contribution in [3.8, 4) is 22.8 Å². The fourth-order valence-corrected chi connectivity index (χ4v) is 3.98. The van der Waals surface area contributed by atoms with Gasteiger partial charge in [-0.05, 0) is 61.7 Å². The SMILES string of the molecule is O=c1[nH]nc2c3c(cccc13)Oc1ccc(CNC=C3CCC(O)CC3)cc1-2. The molecule has 1 aliphatic heterocycles. The molecule has 3 N–H and O–H groups in total. The summed E-state index contributed by atoms with van der Waals surface area (Å²) in [5.41, 5.74) is 3.87. The number of ether oxygens (including phenoxy) is 1. The summed E-state index contributed by atoms with van der Waals surface area (Å²) in [6, 6.07) is 11.5. The maximum Gasteiger partial charge on any atom is 0.272 e. The van der Waals surface area contributed by atoms with E-state index in [1.807, 2.05) is 24.3 Å². The van der Waals surface area contributed by atoms with Gasteiger partial charge in [-0.25, -0.2) is 5.10 Å². The van der Waals surface area contributed by atoms with Crippen LogP contribution in [0.4, 0.5) is 0 Å². The van der Waals surface area contributed by atoms with Gasteiger partial charge in [0.1, 0.15) is 17.2 Å². The molecule has 6 nitrogen and oxygen atoms in total. The monoisotopic (exact) mass is 375 g/mol. The van der Waals surface area contributed by atoms with Crippen LogP contribution in [0.5, 0.6) is 11.5 Å².